The first-order valence-corrected chi connectivity index (χ1v) is 9.13. The molecule has 0 aliphatic carbocycles. The fourth-order valence-corrected chi connectivity index (χ4v) is 4.32. The summed E-state index contributed by atoms with van der Waals surface area (Å²) in [5.41, 5.74) is 5.89. The number of likely N-dealkylation sites (tertiary alicyclic amines) is 1. The lowest BCUT2D eigenvalue weighted by Crippen LogP contribution is -2.33. The number of nitrogens with zero attached hydrogens (tertiary/aromatic N) is 1. The fraction of sp³-hybridized carbons (Fsp3) is 0.571. The molecule has 0 radical (unpaired) electrons. The number of benzene rings is 1. The topological polar surface area (TPSA) is 75.4 Å². The van der Waals surface area contributed by atoms with Crippen molar-refractivity contribution >= 4 is 27.3 Å². The third kappa shape index (κ3) is 4.57. The van der Waals surface area contributed by atoms with Crippen molar-refractivity contribution < 1.29 is 8.42 Å². The molecule has 0 atom stereocenters. The summed E-state index contributed by atoms with van der Waals surface area (Å²) in [7, 11) is -3.65. The van der Waals surface area contributed by atoms with Crippen molar-refractivity contribution in [3.8, 4) is 0 Å². The van der Waals surface area contributed by atoms with Gasteiger partial charge in [0, 0.05) is 6.54 Å². The van der Waals surface area contributed by atoms with Crippen molar-refractivity contribution in [2.75, 3.05) is 31.9 Å². The standard InChI is InChI=1S/C14H22ClN3O2S/c15-12-6-4-7-13(16)14(12)21(19,20)17-8-5-11-18-9-2-1-3-10-18/h4,6-7,17H,1-3,5,8-11,16H2. The lowest BCUT2D eigenvalue weighted by Gasteiger charge is -2.26. The third-order valence-corrected chi connectivity index (χ3v) is 5.66. The summed E-state index contributed by atoms with van der Waals surface area (Å²) in [5, 5.41) is 0.151. The minimum atomic E-state index is -3.65. The van der Waals surface area contributed by atoms with Crippen LogP contribution >= 0.6 is 11.6 Å². The van der Waals surface area contributed by atoms with Gasteiger partial charge in [0.1, 0.15) is 4.90 Å². The van der Waals surface area contributed by atoms with E-state index in [1.165, 1.54) is 31.4 Å². The highest BCUT2D eigenvalue weighted by Gasteiger charge is 2.20. The van der Waals surface area contributed by atoms with Crippen LogP contribution in [-0.4, -0.2) is 39.5 Å². The van der Waals surface area contributed by atoms with Crippen molar-refractivity contribution in [1.82, 2.24) is 9.62 Å². The summed E-state index contributed by atoms with van der Waals surface area (Å²) < 4.78 is 27.0. The van der Waals surface area contributed by atoms with Crippen LogP contribution in [-0.2, 0) is 10.0 Å². The Hall–Kier alpha value is -0.820. The molecule has 2 rings (SSSR count). The molecule has 1 aliphatic rings. The zero-order chi connectivity index (χ0) is 15.3. The molecule has 3 N–H and O–H groups in total. The third-order valence-electron chi connectivity index (χ3n) is 3.66. The largest absolute Gasteiger partial charge is 0.398 e. The average Bonchev–Trinajstić information content (AvgIpc) is 2.44. The van der Waals surface area contributed by atoms with Crippen LogP contribution in [0.2, 0.25) is 5.02 Å². The number of piperidine rings is 1. The first kappa shape index (κ1) is 16.5. The molecule has 5 nitrogen and oxygen atoms in total. The molecule has 21 heavy (non-hydrogen) atoms. The fourth-order valence-electron chi connectivity index (χ4n) is 2.57. The predicted molar refractivity (Wildman–Crippen MR) is 86.0 cm³/mol. The SMILES string of the molecule is Nc1cccc(Cl)c1S(=O)(=O)NCCCN1CCCCC1. The molecule has 0 bridgehead atoms. The van der Waals surface area contributed by atoms with Gasteiger partial charge in [-0.2, -0.15) is 0 Å². The minimum Gasteiger partial charge on any atom is -0.398 e. The van der Waals surface area contributed by atoms with Gasteiger partial charge in [-0.3, -0.25) is 0 Å². The Morgan fingerprint density at radius 2 is 1.95 bits per heavy atom. The zero-order valence-electron chi connectivity index (χ0n) is 12.0. The van der Waals surface area contributed by atoms with Gasteiger partial charge in [-0.05, 0) is 51.0 Å². The van der Waals surface area contributed by atoms with Crippen LogP contribution in [0.4, 0.5) is 5.69 Å². The number of nitrogens with one attached hydrogen (secondary N) is 1. The van der Waals surface area contributed by atoms with E-state index in [0.29, 0.717) is 6.54 Å². The molecule has 1 aromatic carbocycles. The molecule has 1 saturated heterocycles. The lowest BCUT2D eigenvalue weighted by atomic mass is 10.1. The molecule has 7 heteroatoms. The van der Waals surface area contributed by atoms with Crippen LogP contribution < -0.4 is 10.5 Å². The maximum absolute atomic E-state index is 12.2. The van der Waals surface area contributed by atoms with E-state index in [-0.39, 0.29) is 15.6 Å². The Bertz CT molecular complexity index is 551. The number of hydrogen-bond acceptors (Lipinski definition) is 4. The van der Waals surface area contributed by atoms with Crippen LogP contribution in [0.3, 0.4) is 0 Å². The molecule has 0 aromatic heterocycles. The quantitative estimate of drug-likeness (QED) is 0.618. The summed E-state index contributed by atoms with van der Waals surface area (Å²) in [6.07, 6.45) is 4.56. The number of nitrogen functional groups attached to an aromatic ring is 1. The molecule has 0 amide bonds. The Balaban J connectivity index is 1.86. The number of anilines is 1. The summed E-state index contributed by atoms with van der Waals surface area (Å²) >= 11 is 5.94. The van der Waals surface area contributed by atoms with Gasteiger partial charge in [0.25, 0.3) is 0 Å². The van der Waals surface area contributed by atoms with E-state index in [2.05, 4.69) is 9.62 Å². The van der Waals surface area contributed by atoms with E-state index < -0.39 is 10.0 Å². The van der Waals surface area contributed by atoms with Crippen molar-refractivity contribution in [3.05, 3.63) is 23.2 Å². The number of hydrogen-bond donors (Lipinski definition) is 2. The zero-order valence-corrected chi connectivity index (χ0v) is 13.6. The number of rotatable bonds is 6. The Labute approximate surface area is 131 Å². The van der Waals surface area contributed by atoms with E-state index in [4.69, 9.17) is 17.3 Å². The maximum Gasteiger partial charge on any atom is 0.244 e. The second kappa shape index (κ2) is 7.45. The van der Waals surface area contributed by atoms with Crippen LogP contribution in [0.5, 0.6) is 0 Å². The van der Waals surface area contributed by atoms with Gasteiger partial charge in [0.2, 0.25) is 10.0 Å². The van der Waals surface area contributed by atoms with Crippen LogP contribution in [0.1, 0.15) is 25.7 Å². The Morgan fingerprint density at radius 3 is 2.62 bits per heavy atom. The van der Waals surface area contributed by atoms with E-state index in [1.54, 1.807) is 6.07 Å². The molecular formula is C14H22ClN3O2S. The van der Waals surface area contributed by atoms with E-state index in [1.807, 2.05) is 0 Å². The molecule has 0 unspecified atom stereocenters. The maximum atomic E-state index is 12.2. The summed E-state index contributed by atoms with van der Waals surface area (Å²) in [4.78, 5) is 2.35. The molecular weight excluding hydrogens is 310 g/mol. The van der Waals surface area contributed by atoms with E-state index >= 15 is 0 Å². The van der Waals surface area contributed by atoms with Crippen LogP contribution in [0, 0.1) is 0 Å². The summed E-state index contributed by atoms with van der Waals surface area (Å²) in [6.45, 7) is 3.54. The van der Waals surface area contributed by atoms with Gasteiger partial charge in [-0.1, -0.05) is 24.1 Å². The monoisotopic (exact) mass is 331 g/mol. The van der Waals surface area contributed by atoms with Gasteiger partial charge in [-0.25, -0.2) is 13.1 Å². The van der Waals surface area contributed by atoms with E-state index in [0.717, 1.165) is 26.1 Å². The average molecular weight is 332 g/mol. The van der Waals surface area contributed by atoms with Crippen molar-refractivity contribution in [2.45, 2.75) is 30.6 Å². The smallest absolute Gasteiger partial charge is 0.244 e. The van der Waals surface area contributed by atoms with Crippen molar-refractivity contribution in [3.63, 3.8) is 0 Å². The van der Waals surface area contributed by atoms with E-state index in [9.17, 15) is 8.42 Å². The molecule has 0 spiro atoms. The number of halogens is 1. The van der Waals surface area contributed by atoms with Gasteiger partial charge >= 0.3 is 0 Å². The first-order chi connectivity index (χ1) is 10.0. The Kier molecular flexibility index (Phi) is 5.87. The second-order valence-corrected chi connectivity index (χ2v) is 7.42. The van der Waals surface area contributed by atoms with Crippen molar-refractivity contribution in [2.24, 2.45) is 0 Å². The number of sulfonamides is 1. The van der Waals surface area contributed by atoms with Crippen molar-refractivity contribution in [1.29, 1.82) is 0 Å². The highest BCUT2D eigenvalue weighted by atomic mass is 35.5. The first-order valence-electron chi connectivity index (χ1n) is 7.27. The summed E-state index contributed by atoms with van der Waals surface area (Å²) in [6, 6.07) is 4.70. The second-order valence-electron chi connectivity index (χ2n) is 5.31. The number of nitrogens with two attached hydrogens (primary N) is 1. The summed E-state index contributed by atoms with van der Waals surface area (Å²) in [5.74, 6) is 0. The molecule has 1 aromatic rings. The van der Waals surface area contributed by atoms with Crippen LogP contribution in [0.15, 0.2) is 23.1 Å². The molecule has 1 heterocycles. The highest BCUT2D eigenvalue weighted by molar-refractivity contribution is 7.89. The normalized spacial score (nSPS) is 17.0. The molecule has 118 valence electrons. The molecule has 0 saturated carbocycles. The van der Waals surface area contributed by atoms with Gasteiger partial charge in [-0.15, -0.1) is 0 Å². The predicted octanol–water partition coefficient (Wildman–Crippen LogP) is 2.08. The molecule has 1 aliphatic heterocycles. The highest BCUT2D eigenvalue weighted by Crippen LogP contribution is 2.26. The van der Waals surface area contributed by atoms with Gasteiger partial charge in [0.15, 0.2) is 0 Å². The van der Waals surface area contributed by atoms with Gasteiger partial charge in [0.05, 0.1) is 10.7 Å². The van der Waals surface area contributed by atoms with Gasteiger partial charge < -0.3 is 10.6 Å². The Morgan fingerprint density at radius 1 is 1.24 bits per heavy atom. The van der Waals surface area contributed by atoms with Crippen LogP contribution in [0.25, 0.3) is 0 Å². The lowest BCUT2D eigenvalue weighted by molar-refractivity contribution is 0.227. The molecule has 1 fully saturated rings. The minimum absolute atomic E-state index is 0.0235.